The zero-order valence-corrected chi connectivity index (χ0v) is 13.4. The van der Waals surface area contributed by atoms with Crippen LogP contribution in [0.4, 0.5) is 0 Å². The van der Waals surface area contributed by atoms with Crippen molar-refractivity contribution in [2.75, 3.05) is 6.61 Å². The Balaban J connectivity index is 1.69. The van der Waals surface area contributed by atoms with Gasteiger partial charge in [0, 0.05) is 25.0 Å². The quantitative estimate of drug-likeness (QED) is 0.788. The highest BCUT2D eigenvalue weighted by molar-refractivity contribution is 5.79. The van der Waals surface area contributed by atoms with Gasteiger partial charge in [-0.3, -0.25) is 9.78 Å². The lowest BCUT2D eigenvalue weighted by molar-refractivity contribution is -0.131. The molecule has 1 aromatic carbocycles. The minimum Gasteiger partial charge on any atom is -0.494 e. The highest BCUT2D eigenvalue weighted by atomic mass is 16.5. The molecule has 0 N–H and O–H groups in total. The molecular formula is C19H22N2O2. The van der Waals surface area contributed by atoms with Gasteiger partial charge < -0.3 is 9.64 Å². The highest BCUT2D eigenvalue weighted by Crippen LogP contribution is 2.29. The van der Waals surface area contributed by atoms with Gasteiger partial charge in [0.15, 0.2) is 0 Å². The van der Waals surface area contributed by atoms with Gasteiger partial charge in [-0.2, -0.15) is 0 Å². The Morgan fingerprint density at radius 3 is 2.78 bits per heavy atom. The number of carbonyl (C=O) groups is 1. The SMILES string of the molecule is CCOc1cccc(CN(C(=O)Cc2cccnc2)C2CC2)c1. The molecule has 1 aromatic heterocycles. The first-order valence-electron chi connectivity index (χ1n) is 8.16. The van der Waals surface area contributed by atoms with Gasteiger partial charge in [0.05, 0.1) is 13.0 Å². The molecule has 23 heavy (non-hydrogen) atoms. The van der Waals surface area contributed by atoms with E-state index in [-0.39, 0.29) is 5.91 Å². The first-order valence-corrected chi connectivity index (χ1v) is 8.16. The largest absolute Gasteiger partial charge is 0.494 e. The van der Waals surface area contributed by atoms with E-state index < -0.39 is 0 Å². The first kappa shape index (κ1) is 15.5. The number of nitrogens with zero attached hydrogens (tertiary/aromatic N) is 2. The van der Waals surface area contributed by atoms with E-state index in [1.165, 1.54) is 0 Å². The predicted octanol–water partition coefficient (Wildman–Crippen LogP) is 3.21. The van der Waals surface area contributed by atoms with Crippen molar-refractivity contribution in [3.8, 4) is 5.75 Å². The lowest BCUT2D eigenvalue weighted by Crippen LogP contribution is -2.33. The van der Waals surface area contributed by atoms with Crippen LogP contribution < -0.4 is 4.74 Å². The normalized spacial score (nSPS) is 13.6. The van der Waals surface area contributed by atoms with Crippen LogP contribution in [0.25, 0.3) is 0 Å². The van der Waals surface area contributed by atoms with Crippen molar-refractivity contribution in [3.63, 3.8) is 0 Å². The number of pyridine rings is 1. The molecule has 1 fully saturated rings. The Bertz CT molecular complexity index is 653. The summed E-state index contributed by atoms with van der Waals surface area (Å²) in [5.74, 6) is 1.03. The van der Waals surface area contributed by atoms with Gasteiger partial charge in [0.1, 0.15) is 5.75 Å². The van der Waals surface area contributed by atoms with Crippen LogP contribution in [0.2, 0.25) is 0 Å². The summed E-state index contributed by atoms with van der Waals surface area (Å²) < 4.78 is 5.55. The lowest BCUT2D eigenvalue weighted by Gasteiger charge is -2.23. The topological polar surface area (TPSA) is 42.4 Å². The van der Waals surface area contributed by atoms with Crippen molar-refractivity contribution in [1.29, 1.82) is 0 Å². The summed E-state index contributed by atoms with van der Waals surface area (Å²) in [6.45, 7) is 3.26. The van der Waals surface area contributed by atoms with Crippen LogP contribution in [0.1, 0.15) is 30.9 Å². The molecule has 0 saturated heterocycles. The molecule has 1 aliphatic carbocycles. The summed E-state index contributed by atoms with van der Waals surface area (Å²) in [5, 5.41) is 0. The third kappa shape index (κ3) is 4.31. The molecule has 0 spiro atoms. The van der Waals surface area contributed by atoms with Gasteiger partial charge in [-0.1, -0.05) is 18.2 Å². The average Bonchev–Trinajstić information content (AvgIpc) is 3.39. The fourth-order valence-corrected chi connectivity index (χ4v) is 2.68. The predicted molar refractivity (Wildman–Crippen MR) is 89.1 cm³/mol. The molecule has 1 saturated carbocycles. The number of hydrogen-bond acceptors (Lipinski definition) is 3. The molecule has 4 heteroatoms. The van der Waals surface area contributed by atoms with Crippen molar-refractivity contribution in [1.82, 2.24) is 9.88 Å². The summed E-state index contributed by atoms with van der Waals surface area (Å²) in [6.07, 6.45) is 6.11. The Morgan fingerprint density at radius 1 is 1.26 bits per heavy atom. The van der Waals surface area contributed by atoms with Crippen molar-refractivity contribution < 1.29 is 9.53 Å². The second-order valence-electron chi connectivity index (χ2n) is 5.87. The molecule has 2 aromatic rings. The molecule has 4 nitrogen and oxygen atoms in total. The number of amides is 1. The molecule has 0 bridgehead atoms. The maximum atomic E-state index is 12.7. The second-order valence-corrected chi connectivity index (χ2v) is 5.87. The highest BCUT2D eigenvalue weighted by Gasteiger charge is 2.32. The minimum absolute atomic E-state index is 0.169. The maximum Gasteiger partial charge on any atom is 0.227 e. The summed E-state index contributed by atoms with van der Waals surface area (Å²) in [5.41, 5.74) is 2.08. The minimum atomic E-state index is 0.169. The number of aromatic nitrogens is 1. The van der Waals surface area contributed by atoms with Crippen molar-refractivity contribution in [2.45, 2.75) is 38.8 Å². The van der Waals surface area contributed by atoms with Gasteiger partial charge in [0.2, 0.25) is 5.91 Å². The van der Waals surface area contributed by atoms with Crippen LogP contribution in [0.5, 0.6) is 5.75 Å². The molecule has 1 amide bonds. The van der Waals surface area contributed by atoms with Crippen molar-refractivity contribution >= 4 is 5.91 Å². The fourth-order valence-electron chi connectivity index (χ4n) is 2.68. The van der Waals surface area contributed by atoms with E-state index in [0.717, 1.165) is 29.7 Å². The summed E-state index contributed by atoms with van der Waals surface area (Å²) in [7, 11) is 0. The van der Waals surface area contributed by atoms with Crippen LogP contribution in [0.3, 0.4) is 0 Å². The number of ether oxygens (including phenoxy) is 1. The smallest absolute Gasteiger partial charge is 0.227 e. The molecule has 3 rings (SSSR count). The molecular weight excluding hydrogens is 288 g/mol. The van der Waals surface area contributed by atoms with Crippen LogP contribution in [0.15, 0.2) is 48.8 Å². The molecule has 1 aliphatic rings. The van der Waals surface area contributed by atoms with E-state index in [1.807, 2.05) is 42.2 Å². The van der Waals surface area contributed by atoms with Crippen LogP contribution >= 0.6 is 0 Å². The third-order valence-electron chi connectivity index (χ3n) is 3.95. The molecule has 0 atom stereocenters. The monoisotopic (exact) mass is 310 g/mol. The van der Waals surface area contributed by atoms with Gasteiger partial charge >= 0.3 is 0 Å². The Kier molecular flexibility index (Phi) is 4.91. The van der Waals surface area contributed by atoms with Crippen LogP contribution in [-0.4, -0.2) is 28.4 Å². The van der Waals surface area contributed by atoms with E-state index in [9.17, 15) is 4.79 Å². The number of rotatable bonds is 7. The van der Waals surface area contributed by atoms with E-state index in [2.05, 4.69) is 11.1 Å². The van der Waals surface area contributed by atoms with E-state index in [0.29, 0.717) is 25.6 Å². The summed E-state index contributed by atoms with van der Waals surface area (Å²) in [6, 6.07) is 12.2. The molecule has 0 radical (unpaired) electrons. The molecule has 0 aliphatic heterocycles. The lowest BCUT2D eigenvalue weighted by atomic mass is 10.1. The fraction of sp³-hybridized carbons (Fsp3) is 0.368. The number of benzene rings is 1. The first-order chi connectivity index (χ1) is 11.3. The van der Waals surface area contributed by atoms with Crippen molar-refractivity contribution in [3.05, 3.63) is 59.9 Å². The number of carbonyl (C=O) groups excluding carboxylic acids is 1. The molecule has 1 heterocycles. The van der Waals surface area contributed by atoms with Crippen LogP contribution in [-0.2, 0) is 17.8 Å². The van der Waals surface area contributed by atoms with Gasteiger partial charge in [-0.15, -0.1) is 0 Å². The molecule has 120 valence electrons. The van der Waals surface area contributed by atoms with E-state index >= 15 is 0 Å². The second kappa shape index (κ2) is 7.27. The number of hydrogen-bond donors (Lipinski definition) is 0. The van der Waals surface area contributed by atoms with E-state index in [1.54, 1.807) is 12.4 Å². The van der Waals surface area contributed by atoms with E-state index in [4.69, 9.17) is 4.74 Å². The molecule has 0 unspecified atom stereocenters. The Labute approximate surface area is 137 Å². The maximum absolute atomic E-state index is 12.7. The third-order valence-corrected chi connectivity index (χ3v) is 3.95. The summed E-state index contributed by atoms with van der Waals surface area (Å²) >= 11 is 0. The Hall–Kier alpha value is -2.36. The summed E-state index contributed by atoms with van der Waals surface area (Å²) in [4.78, 5) is 18.8. The zero-order chi connectivity index (χ0) is 16.1. The van der Waals surface area contributed by atoms with Gasteiger partial charge in [0.25, 0.3) is 0 Å². The standard InChI is InChI=1S/C19H22N2O2/c1-2-23-18-7-3-5-16(11-18)14-21(17-8-9-17)19(22)12-15-6-4-10-20-13-15/h3-7,10-11,13,17H,2,8-9,12,14H2,1H3. The van der Waals surface area contributed by atoms with Gasteiger partial charge in [-0.05, 0) is 49.1 Å². The average molecular weight is 310 g/mol. The Morgan fingerprint density at radius 2 is 2.09 bits per heavy atom. The van der Waals surface area contributed by atoms with Crippen molar-refractivity contribution in [2.24, 2.45) is 0 Å². The van der Waals surface area contributed by atoms with Crippen LogP contribution in [0, 0.1) is 0 Å². The van der Waals surface area contributed by atoms with Gasteiger partial charge in [-0.25, -0.2) is 0 Å². The zero-order valence-electron chi connectivity index (χ0n) is 13.4.